The number of benzene rings is 2. The normalized spacial score (nSPS) is 12.2. The zero-order chi connectivity index (χ0) is 15.2. The summed E-state index contributed by atoms with van der Waals surface area (Å²) in [5, 5.41) is 0.889. The van der Waals surface area contributed by atoms with Crippen molar-refractivity contribution in [1.82, 2.24) is 0 Å². The molecular formula is C17H17Br2FO. The van der Waals surface area contributed by atoms with Crippen LogP contribution in [0.1, 0.15) is 11.1 Å². The Balaban J connectivity index is 2.11. The van der Waals surface area contributed by atoms with Gasteiger partial charge in [-0.15, -0.1) is 0 Å². The van der Waals surface area contributed by atoms with E-state index in [0.29, 0.717) is 10.4 Å². The molecule has 0 aromatic heterocycles. The summed E-state index contributed by atoms with van der Waals surface area (Å²) in [6, 6.07) is 13.3. The molecule has 0 spiro atoms. The van der Waals surface area contributed by atoms with Crippen LogP contribution in [0.2, 0.25) is 0 Å². The second kappa shape index (κ2) is 7.95. The van der Waals surface area contributed by atoms with E-state index < -0.39 is 0 Å². The van der Waals surface area contributed by atoms with Crippen LogP contribution in [0.5, 0.6) is 5.75 Å². The van der Waals surface area contributed by atoms with Crippen molar-refractivity contribution in [1.29, 1.82) is 0 Å². The maximum Gasteiger partial charge on any atom is 0.137 e. The summed E-state index contributed by atoms with van der Waals surface area (Å²) >= 11 is 6.82. The Kier molecular flexibility index (Phi) is 6.24. The number of ether oxygens (including phenoxy) is 1. The number of halogens is 3. The molecule has 2 aromatic rings. The zero-order valence-electron chi connectivity index (χ0n) is 11.8. The van der Waals surface area contributed by atoms with E-state index >= 15 is 0 Å². The fourth-order valence-electron chi connectivity index (χ4n) is 2.36. The molecule has 0 bridgehead atoms. The van der Waals surface area contributed by atoms with E-state index in [-0.39, 0.29) is 5.82 Å². The lowest BCUT2D eigenvalue weighted by molar-refractivity contribution is 0.406. The summed E-state index contributed by atoms with van der Waals surface area (Å²) in [6.07, 6.45) is 1.81. The third kappa shape index (κ3) is 4.55. The number of hydrogen-bond acceptors (Lipinski definition) is 1. The predicted molar refractivity (Wildman–Crippen MR) is 91.8 cm³/mol. The molecule has 0 aliphatic carbocycles. The molecule has 2 aromatic carbocycles. The van der Waals surface area contributed by atoms with Gasteiger partial charge in [0.1, 0.15) is 11.6 Å². The minimum Gasteiger partial charge on any atom is -0.496 e. The first-order chi connectivity index (χ1) is 10.1. The van der Waals surface area contributed by atoms with Gasteiger partial charge in [0.05, 0.1) is 11.6 Å². The molecule has 0 saturated carbocycles. The third-order valence-electron chi connectivity index (χ3n) is 3.43. The van der Waals surface area contributed by atoms with E-state index in [0.717, 1.165) is 29.5 Å². The van der Waals surface area contributed by atoms with Gasteiger partial charge < -0.3 is 4.74 Å². The third-order valence-corrected chi connectivity index (χ3v) is 4.95. The molecule has 2 rings (SSSR count). The highest BCUT2D eigenvalue weighted by molar-refractivity contribution is 9.10. The van der Waals surface area contributed by atoms with Crippen LogP contribution in [-0.2, 0) is 12.8 Å². The maximum absolute atomic E-state index is 13.3. The Morgan fingerprint density at radius 1 is 1.14 bits per heavy atom. The molecule has 0 N–H and O–H groups in total. The Morgan fingerprint density at radius 3 is 2.57 bits per heavy atom. The molecule has 0 saturated heterocycles. The van der Waals surface area contributed by atoms with Crippen LogP contribution < -0.4 is 4.74 Å². The lowest BCUT2D eigenvalue weighted by Crippen LogP contribution is -2.11. The van der Waals surface area contributed by atoms with Gasteiger partial charge in [-0.3, -0.25) is 0 Å². The average Bonchev–Trinajstić information content (AvgIpc) is 2.50. The molecule has 21 heavy (non-hydrogen) atoms. The van der Waals surface area contributed by atoms with Crippen molar-refractivity contribution < 1.29 is 9.13 Å². The van der Waals surface area contributed by atoms with E-state index in [1.165, 1.54) is 11.6 Å². The molecule has 0 aliphatic heterocycles. The fraction of sp³-hybridized carbons (Fsp3) is 0.294. The highest BCUT2D eigenvalue weighted by Crippen LogP contribution is 2.25. The van der Waals surface area contributed by atoms with Gasteiger partial charge in [0.15, 0.2) is 0 Å². The minimum absolute atomic E-state index is 0.223. The van der Waals surface area contributed by atoms with Crippen LogP contribution in [0, 0.1) is 11.7 Å². The Labute approximate surface area is 141 Å². The molecule has 4 heteroatoms. The van der Waals surface area contributed by atoms with Crippen LogP contribution >= 0.6 is 31.9 Å². The summed E-state index contributed by atoms with van der Waals surface area (Å²) in [7, 11) is 1.69. The molecule has 1 atom stereocenters. The number of methoxy groups -OCH3 is 1. The second-order valence-corrected chi connectivity index (χ2v) is 6.49. The van der Waals surface area contributed by atoms with Crippen molar-refractivity contribution in [3.8, 4) is 5.75 Å². The molecule has 0 amide bonds. The maximum atomic E-state index is 13.3. The number of alkyl halides is 1. The smallest absolute Gasteiger partial charge is 0.137 e. The highest BCUT2D eigenvalue weighted by Gasteiger charge is 2.13. The van der Waals surface area contributed by atoms with Gasteiger partial charge >= 0.3 is 0 Å². The highest BCUT2D eigenvalue weighted by atomic mass is 79.9. The quantitative estimate of drug-likeness (QED) is 0.574. The predicted octanol–water partition coefficient (Wildman–Crippen LogP) is 5.39. The summed E-state index contributed by atoms with van der Waals surface area (Å²) in [4.78, 5) is 0. The SMILES string of the molecule is COc1ccccc1CC(CBr)Cc1ccc(F)c(Br)c1. The zero-order valence-corrected chi connectivity index (χ0v) is 15.0. The van der Waals surface area contributed by atoms with Gasteiger partial charge in [-0.25, -0.2) is 4.39 Å². The lowest BCUT2D eigenvalue weighted by Gasteiger charge is -2.16. The Hall–Kier alpha value is -0.870. The molecule has 1 unspecified atom stereocenters. The van der Waals surface area contributed by atoms with Crippen molar-refractivity contribution >= 4 is 31.9 Å². The molecule has 0 heterocycles. The Bertz CT molecular complexity index is 601. The van der Waals surface area contributed by atoms with Gasteiger partial charge in [-0.1, -0.05) is 40.2 Å². The summed E-state index contributed by atoms with van der Waals surface area (Å²) < 4.78 is 19.2. The van der Waals surface area contributed by atoms with Crippen LogP contribution in [0.3, 0.4) is 0 Å². The Morgan fingerprint density at radius 2 is 1.90 bits per heavy atom. The van der Waals surface area contributed by atoms with Gasteiger partial charge in [0.2, 0.25) is 0 Å². The largest absolute Gasteiger partial charge is 0.496 e. The molecule has 0 aliphatic rings. The van der Waals surface area contributed by atoms with Crippen molar-refractivity contribution in [2.24, 2.45) is 5.92 Å². The molecule has 112 valence electrons. The summed E-state index contributed by atoms with van der Waals surface area (Å²) in [5.41, 5.74) is 2.33. The van der Waals surface area contributed by atoms with Crippen molar-refractivity contribution in [3.05, 3.63) is 63.9 Å². The molecular weight excluding hydrogens is 399 g/mol. The number of hydrogen-bond donors (Lipinski definition) is 0. The van der Waals surface area contributed by atoms with E-state index in [2.05, 4.69) is 37.9 Å². The van der Waals surface area contributed by atoms with E-state index in [1.54, 1.807) is 7.11 Å². The molecule has 0 radical (unpaired) electrons. The van der Waals surface area contributed by atoms with E-state index in [9.17, 15) is 4.39 Å². The average molecular weight is 416 g/mol. The summed E-state index contributed by atoms with van der Waals surface area (Å²) in [5.74, 6) is 1.13. The first kappa shape index (κ1) is 16.5. The van der Waals surface area contributed by atoms with Gasteiger partial charge in [0, 0.05) is 5.33 Å². The van der Waals surface area contributed by atoms with Crippen LogP contribution in [0.15, 0.2) is 46.9 Å². The number of rotatable bonds is 6. The van der Waals surface area contributed by atoms with Crippen LogP contribution in [0.4, 0.5) is 4.39 Å². The summed E-state index contributed by atoms with van der Waals surface area (Å²) in [6.45, 7) is 0. The van der Waals surface area contributed by atoms with Crippen LogP contribution in [-0.4, -0.2) is 12.4 Å². The second-order valence-electron chi connectivity index (χ2n) is 4.99. The first-order valence-corrected chi connectivity index (χ1v) is 8.67. The molecule has 0 fully saturated rings. The van der Waals surface area contributed by atoms with E-state index in [1.807, 2.05) is 30.3 Å². The fourth-order valence-corrected chi connectivity index (χ4v) is 3.25. The molecule has 1 nitrogen and oxygen atoms in total. The van der Waals surface area contributed by atoms with E-state index in [4.69, 9.17) is 4.74 Å². The minimum atomic E-state index is -0.223. The topological polar surface area (TPSA) is 9.23 Å². The lowest BCUT2D eigenvalue weighted by atomic mass is 9.94. The van der Waals surface area contributed by atoms with Crippen molar-refractivity contribution in [3.63, 3.8) is 0 Å². The monoisotopic (exact) mass is 414 g/mol. The van der Waals surface area contributed by atoms with Gasteiger partial charge in [0.25, 0.3) is 0 Å². The van der Waals surface area contributed by atoms with Gasteiger partial charge in [-0.05, 0) is 64.0 Å². The van der Waals surface area contributed by atoms with Crippen LogP contribution in [0.25, 0.3) is 0 Å². The van der Waals surface area contributed by atoms with Crippen molar-refractivity contribution in [2.75, 3.05) is 12.4 Å². The van der Waals surface area contributed by atoms with Crippen molar-refractivity contribution in [2.45, 2.75) is 12.8 Å². The van der Waals surface area contributed by atoms with Gasteiger partial charge in [-0.2, -0.15) is 0 Å². The standard InChI is InChI=1S/C17H17Br2FO/c1-21-17-5-3-2-4-14(17)9-13(11-18)8-12-6-7-16(20)15(19)10-12/h2-7,10,13H,8-9,11H2,1H3. The number of para-hydroxylation sites is 1. The first-order valence-electron chi connectivity index (χ1n) is 6.75.